The predicted molar refractivity (Wildman–Crippen MR) is 126 cm³/mol. The van der Waals surface area contributed by atoms with E-state index in [4.69, 9.17) is 4.42 Å². The van der Waals surface area contributed by atoms with Crippen molar-refractivity contribution in [1.29, 1.82) is 0 Å². The minimum Gasteiger partial charge on any atom is -0.408 e. The zero-order chi connectivity index (χ0) is 23.5. The Morgan fingerprint density at radius 3 is 2.68 bits per heavy atom. The van der Waals surface area contributed by atoms with Crippen LogP contribution in [0, 0.1) is 12.8 Å². The molecule has 0 bridgehead atoms. The third-order valence-corrected chi connectivity index (χ3v) is 6.12. The average Bonchev–Trinajstić information content (AvgIpc) is 3.38. The summed E-state index contributed by atoms with van der Waals surface area (Å²) in [6, 6.07) is 13.3. The van der Waals surface area contributed by atoms with Crippen molar-refractivity contribution in [2.45, 2.75) is 26.2 Å². The topological polar surface area (TPSA) is 107 Å². The van der Waals surface area contributed by atoms with Crippen LogP contribution in [0.3, 0.4) is 0 Å². The van der Waals surface area contributed by atoms with Gasteiger partial charge in [0.2, 0.25) is 5.91 Å². The zero-order valence-electron chi connectivity index (χ0n) is 18.8. The highest BCUT2D eigenvalue weighted by atomic mass is 16.4. The molecule has 2 aromatic carbocycles. The van der Waals surface area contributed by atoms with Crippen LogP contribution in [0.4, 0.5) is 0 Å². The van der Waals surface area contributed by atoms with Gasteiger partial charge < -0.3 is 9.32 Å². The Morgan fingerprint density at radius 2 is 1.94 bits per heavy atom. The summed E-state index contributed by atoms with van der Waals surface area (Å²) in [6.07, 6.45) is 8.03. The molecule has 9 nitrogen and oxygen atoms in total. The van der Waals surface area contributed by atoms with E-state index in [1.54, 1.807) is 17.7 Å². The number of aromatic nitrogens is 5. The van der Waals surface area contributed by atoms with Gasteiger partial charge in [-0.2, -0.15) is 0 Å². The molecule has 0 N–H and O–H groups in total. The normalized spacial score (nSPS) is 14.8. The minimum absolute atomic E-state index is 0.146. The second kappa shape index (κ2) is 9.38. The van der Waals surface area contributed by atoms with E-state index in [9.17, 15) is 9.59 Å². The summed E-state index contributed by atoms with van der Waals surface area (Å²) in [7, 11) is 0. The Kier molecular flexibility index (Phi) is 5.99. The Hall–Kier alpha value is -4.14. The number of likely N-dealkylation sites (tertiary alicyclic amines) is 1. The molecule has 5 rings (SSSR count). The van der Waals surface area contributed by atoms with Gasteiger partial charge in [-0.25, -0.2) is 14.5 Å². The van der Waals surface area contributed by atoms with Gasteiger partial charge in [0.25, 0.3) is 0 Å². The van der Waals surface area contributed by atoms with E-state index in [1.165, 1.54) is 6.33 Å². The Bertz CT molecular complexity index is 1380. The fraction of sp³-hybridized carbons (Fsp3) is 0.280. The summed E-state index contributed by atoms with van der Waals surface area (Å²) in [5.41, 5.74) is 3.10. The molecule has 0 unspecified atom stereocenters. The van der Waals surface area contributed by atoms with Crippen LogP contribution in [0.2, 0.25) is 0 Å². The Morgan fingerprint density at radius 1 is 1.15 bits per heavy atom. The maximum atomic E-state index is 12.8. The van der Waals surface area contributed by atoms with Crippen molar-refractivity contribution in [2.75, 3.05) is 13.1 Å². The maximum absolute atomic E-state index is 12.8. The number of allylic oxidation sites excluding steroid dienone is 1. The smallest absolute Gasteiger partial charge is 0.346 e. The van der Waals surface area contributed by atoms with Gasteiger partial charge in [-0.05, 0) is 64.6 Å². The van der Waals surface area contributed by atoms with Gasteiger partial charge >= 0.3 is 5.63 Å². The first-order valence-electron chi connectivity index (χ1n) is 11.2. The molecule has 172 valence electrons. The summed E-state index contributed by atoms with van der Waals surface area (Å²) in [4.78, 5) is 31.0. The van der Waals surface area contributed by atoms with Gasteiger partial charge in [0.15, 0.2) is 5.89 Å². The molecular weight excluding hydrogens is 432 g/mol. The summed E-state index contributed by atoms with van der Waals surface area (Å²) in [6.45, 7) is 3.16. The van der Waals surface area contributed by atoms with Crippen LogP contribution in [0.1, 0.15) is 29.9 Å². The number of carbonyl (C=O) groups excluding carboxylic acids is 1. The Labute approximate surface area is 195 Å². The van der Waals surface area contributed by atoms with E-state index >= 15 is 0 Å². The van der Waals surface area contributed by atoms with Crippen molar-refractivity contribution < 1.29 is 9.21 Å². The molecule has 1 aliphatic rings. The highest BCUT2D eigenvalue weighted by molar-refractivity contribution is 5.80. The fourth-order valence-corrected chi connectivity index (χ4v) is 4.22. The number of aryl methyl sites for hydroxylation is 1. The number of tetrazole rings is 1. The van der Waals surface area contributed by atoms with Crippen molar-refractivity contribution in [3.8, 4) is 5.69 Å². The molecule has 0 spiro atoms. The van der Waals surface area contributed by atoms with Crippen molar-refractivity contribution in [3.63, 3.8) is 0 Å². The standard InChI is InChI=1S/C25H24N6O3/c1-17-27-23-14-19(6-9-22(23)25(33)34-17)3-2-18-10-12-30(13-11-18)24(32)15-20-4-7-21(8-5-20)31-16-26-28-29-31/h2-9,14,16,18H,10-13,15H2,1H3. The molecule has 1 aliphatic heterocycles. The van der Waals surface area contributed by atoms with Crippen LogP contribution in [-0.4, -0.2) is 49.1 Å². The SMILES string of the molecule is Cc1nc2cc(C=CC3CCN(C(=O)Cc4ccc(-n5cnnn5)cc4)CC3)ccc2c(=O)o1. The second-order valence-corrected chi connectivity index (χ2v) is 8.47. The summed E-state index contributed by atoms with van der Waals surface area (Å²) in [5, 5.41) is 11.6. The van der Waals surface area contributed by atoms with Gasteiger partial charge in [0, 0.05) is 20.0 Å². The molecule has 1 saturated heterocycles. The fourth-order valence-electron chi connectivity index (χ4n) is 4.22. The molecule has 1 amide bonds. The number of rotatable bonds is 5. The number of carbonyl (C=O) groups is 1. The van der Waals surface area contributed by atoms with E-state index in [-0.39, 0.29) is 11.5 Å². The highest BCUT2D eigenvalue weighted by Crippen LogP contribution is 2.21. The molecule has 0 radical (unpaired) electrons. The molecule has 2 aromatic heterocycles. The molecular formula is C25H24N6O3. The minimum atomic E-state index is -0.362. The van der Waals surface area contributed by atoms with Gasteiger partial charge in [-0.1, -0.05) is 30.4 Å². The summed E-state index contributed by atoms with van der Waals surface area (Å²) >= 11 is 0. The first-order chi connectivity index (χ1) is 16.5. The molecule has 1 fully saturated rings. The number of hydrogen-bond acceptors (Lipinski definition) is 7. The molecule has 0 saturated carbocycles. The van der Waals surface area contributed by atoms with Crippen molar-refractivity contribution >= 4 is 22.9 Å². The lowest BCUT2D eigenvalue weighted by molar-refractivity contribution is -0.131. The number of nitrogens with zero attached hydrogens (tertiary/aromatic N) is 6. The van der Waals surface area contributed by atoms with Crippen molar-refractivity contribution in [3.05, 3.63) is 82.3 Å². The van der Waals surface area contributed by atoms with E-state index in [1.807, 2.05) is 41.3 Å². The first kappa shape index (κ1) is 21.7. The average molecular weight is 457 g/mol. The molecule has 34 heavy (non-hydrogen) atoms. The van der Waals surface area contributed by atoms with Gasteiger partial charge in [-0.15, -0.1) is 5.10 Å². The van der Waals surface area contributed by atoms with Crippen LogP contribution in [0.25, 0.3) is 22.7 Å². The quantitative estimate of drug-likeness (QED) is 0.454. The summed E-state index contributed by atoms with van der Waals surface area (Å²) < 4.78 is 6.63. The lowest BCUT2D eigenvalue weighted by Gasteiger charge is -2.31. The molecule has 0 atom stereocenters. The highest BCUT2D eigenvalue weighted by Gasteiger charge is 2.21. The zero-order valence-corrected chi connectivity index (χ0v) is 18.8. The lowest BCUT2D eigenvalue weighted by Crippen LogP contribution is -2.38. The number of benzene rings is 2. The van der Waals surface area contributed by atoms with Crippen LogP contribution in [-0.2, 0) is 11.2 Å². The number of hydrogen-bond donors (Lipinski definition) is 0. The van der Waals surface area contributed by atoms with E-state index in [0.29, 0.717) is 29.1 Å². The molecule has 0 aliphatic carbocycles. The van der Waals surface area contributed by atoms with Crippen LogP contribution >= 0.6 is 0 Å². The van der Waals surface area contributed by atoms with Crippen LogP contribution in [0.5, 0.6) is 0 Å². The molecule has 9 heteroatoms. The number of fused-ring (bicyclic) bond motifs is 1. The van der Waals surface area contributed by atoms with E-state index in [2.05, 4.69) is 32.7 Å². The van der Waals surface area contributed by atoms with Crippen LogP contribution in [0.15, 0.2) is 64.1 Å². The summed E-state index contributed by atoms with van der Waals surface area (Å²) in [5.74, 6) is 0.914. The van der Waals surface area contributed by atoms with E-state index in [0.717, 1.165) is 42.7 Å². The first-order valence-corrected chi connectivity index (χ1v) is 11.2. The third-order valence-electron chi connectivity index (χ3n) is 6.12. The van der Waals surface area contributed by atoms with Crippen molar-refractivity contribution in [1.82, 2.24) is 30.1 Å². The monoisotopic (exact) mass is 456 g/mol. The number of piperidine rings is 1. The van der Waals surface area contributed by atoms with Gasteiger partial charge in [-0.3, -0.25) is 4.79 Å². The van der Waals surface area contributed by atoms with E-state index < -0.39 is 0 Å². The van der Waals surface area contributed by atoms with Gasteiger partial charge in [0.1, 0.15) is 6.33 Å². The largest absolute Gasteiger partial charge is 0.408 e. The molecule has 3 heterocycles. The van der Waals surface area contributed by atoms with Gasteiger partial charge in [0.05, 0.1) is 23.0 Å². The molecule has 4 aromatic rings. The van der Waals surface area contributed by atoms with Crippen molar-refractivity contribution in [2.24, 2.45) is 5.92 Å². The maximum Gasteiger partial charge on any atom is 0.346 e. The number of amides is 1. The second-order valence-electron chi connectivity index (χ2n) is 8.47. The predicted octanol–water partition coefficient (Wildman–Crippen LogP) is 2.97. The lowest BCUT2D eigenvalue weighted by atomic mass is 9.95. The van der Waals surface area contributed by atoms with Crippen LogP contribution < -0.4 is 5.63 Å². The Balaban J connectivity index is 1.15. The third kappa shape index (κ3) is 4.78.